The number of rotatable bonds is 9. The summed E-state index contributed by atoms with van der Waals surface area (Å²) in [5.41, 5.74) is 6.01. The molecule has 0 heterocycles. The maximum absolute atomic E-state index is 3.83. The molecule has 0 aliphatic heterocycles. The molecule has 1 N–H and O–H groups in total. The fourth-order valence-electron chi connectivity index (χ4n) is 3.78. The number of anilines is 3. The zero-order valence-corrected chi connectivity index (χ0v) is 23.2. The van der Waals surface area contributed by atoms with Gasteiger partial charge in [0.15, 0.2) is 0 Å². The summed E-state index contributed by atoms with van der Waals surface area (Å²) in [4.78, 5) is 4.30. The molecule has 0 saturated carbocycles. The Balaban J connectivity index is 1.59. The molecular formula is C31H34IN3. The van der Waals surface area contributed by atoms with Crippen LogP contribution < -0.4 is 15.1 Å². The average molecular weight is 576 g/mol. The van der Waals surface area contributed by atoms with Gasteiger partial charge in [-0.3, -0.25) is 0 Å². The van der Waals surface area contributed by atoms with E-state index in [9.17, 15) is 0 Å². The quantitative estimate of drug-likeness (QED) is 0.209. The van der Waals surface area contributed by atoms with Crippen LogP contribution in [0.4, 0.5) is 17.1 Å². The molecule has 0 saturated heterocycles. The van der Waals surface area contributed by atoms with Gasteiger partial charge in [0.2, 0.25) is 0 Å². The normalized spacial score (nSPS) is 11.0. The first kappa shape index (κ1) is 24.9. The predicted molar refractivity (Wildman–Crippen MR) is 162 cm³/mol. The summed E-state index contributed by atoms with van der Waals surface area (Å²) in [5, 5.41) is 3.56. The van der Waals surface area contributed by atoms with Crippen LogP contribution >= 0.6 is 19.8 Å². The van der Waals surface area contributed by atoms with E-state index < -0.39 is 19.8 Å². The van der Waals surface area contributed by atoms with Gasteiger partial charge in [0.1, 0.15) is 0 Å². The molecule has 3 nitrogen and oxygen atoms in total. The van der Waals surface area contributed by atoms with Crippen molar-refractivity contribution in [3.63, 3.8) is 0 Å². The first-order valence-corrected chi connectivity index (χ1v) is 15.0. The van der Waals surface area contributed by atoms with E-state index in [0.29, 0.717) is 0 Å². The average Bonchev–Trinajstić information content (AvgIpc) is 2.89. The monoisotopic (exact) mass is 575 g/mol. The molecule has 180 valence electrons. The second kappa shape index (κ2) is 11.5. The van der Waals surface area contributed by atoms with Gasteiger partial charge in [0.25, 0.3) is 0 Å². The zero-order valence-electron chi connectivity index (χ0n) is 21.0. The molecule has 0 amide bonds. The first-order chi connectivity index (χ1) is 16.9. The summed E-state index contributed by atoms with van der Waals surface area (Å²) < 4.78 is 4.33. The van der Waals surface area contributed by atoms with E-state index in [1.165, 1.54) is 27.6 Å². The summed E-state index contributed by atoms with van der Waals surface area (Å²) in [6.07, 6.45) is 1.87. The molecular weight excluding hydrogens is 541 g/mol. The van der Waals surface area contributed by atoms with Crippen LogP contribution in [0.3, 0.4) is 0 Å². The molecule has 0 bridgehead atoms. The molecule has 4 rings (SSSR count). The predicted octanol–water partition coefficient (Wildman–Crippen LogP) is 7.49. The van der Waals surface area contributed by atoms with Crippen LogP contribution in [0.25, 0.3) is 6.08 Å². The number of hydrogen-bond acceptors (Lipinski definition) is 3. The Bertz CT molecular complexity index is 1180. The minimum atomic E-state index is -1.82. The third-order valence-corrected chi connectivity index (χ3v) is 11.8. The van der Waals surface area contributed by atoms with Crippen LogP contribution in [-0.4, -0.2) is 28.2 Å². The molecule has 0 fully saturated rings. The second-order valence-corrected chi connectivity index (χ2v) is 14.2. The molecule has 0 unspecified atom stereocenters. The number of nitrogens with one attached hydrogen (secondary N) is 1. The molecule has 0 atom stereocenters. The van der Waals surface area contributed by atoms with Crippen molar-refractivity contribution in [1.82, 2.24) is 0 Å². The molecule has 0 spiro atoms. The Hall–Kier alpha value is -3.25. The summed E-state index contributed by atoms with van der Waals surface area (Å²) in [5.74, 6) is 0. The Morgan fingerprint density at radius 3 is 1.46 bits per heavy atom. The molecule has 0 aromatic heterocycles. The van der Waals surface area contributed by atoms with E-state index in [1.54, 1.807) is 0 Å². The minimum absolute atomic E-state index is 0.803. The third-order valence-electron chi connectivity index (χ3n) is 5.90. The van der Waals surface area contributed by atoms with Crippen LogP contribution in [0.1, 0.15) is 11.1 Å². The van der Waals surface area contributed by atoms with Crippen LogP contribution in [0.15, 0.2) is 104 Å². The van der Waals surface area contributed by atoms with Crippen molar-refractivity contribution < 1.29 is 0 Å². The fourth-order valence-corrected chi connectivity index (χ4v) is 9.17. The van der Waals surface area contributed by atoms with Crippen LogP contribution in [0, 0.1) is 10.7 Å². The Kier molecular flexibility index (Phi) is 8.13. The molecule has 4 aromatic carbocycles. The van der Waals surface area contributed by atoms with E-state index in [4.69, 9.17) is 0 Å². The van der Waals surface area contributed by atoms with Gasteiger partial charge in [0.05, 0.1) is 0 Å². The second-order valence-electron chi connectivity index (χ2n) is 8.83. The molecule has 0 radical (unpaired) electrons. The topological polar surface area (TPSA) is 18.5 Å². The van der Waals surface area contributed by atoms with Crippen molar-refractivity contribution in [2.75, 3.05) is 43.3 Å². The van der Waals surface area contributed by atoms with Crippen molar-refractivity contribution in [1.29, 1.82) is 0 Å². The van der Waals surface area contributed by atoms with Crippen molar-refractivity contribution in [2.45, 2.75) is 6.54 Å². The maximum atomic E-state index is 3.83. The van der Waals surface area contributed by atoms with Crippen molar-refractivity contribution in [3.8, 4) is 0 Å². The molecule has 4 heteroatoms. The summed E-state index contributed by atoms with van der Waals surface area (Å²) in [6.45, 7) is 4.63. The van der Waals surface area contributed by atoms with Gasteiger partial charge in [-0.1, -0.05) is 0 Å². The van der Waals surface area contributed by atoms with Crippen molar-refractivity contribution in [3.05, 3.63) is 125 Å². The van der Waals surface area contributed by atoms with Crippen LogP contribution in [0.5, 0.6) is 0 Å². The number of hydrogen-bond donors (Lipinski definition) is 1. The zero-order chi connectivity index (χ0) is 24.8. The molecule has 0 aliphatic carbocycles. The summed E-state index contributed by atoms with van der Waals surface area (Å²) in [6, 6.07) is 35.8. The van der Waals surface area contributed by atoms with Gasteiger partial charge in [-0.2, -0.15) is 0 Å². The van der Waals surface area contributed by atoms with Crippen molar-refractivity contribution in [2.24, 2.45) is 0 Å². The van der Waals surface area contributed by atoms with Gasteiger partial charge in [-0.15, -0.1) is 0 Å². The molecule has 0 aliphatic rings. The Morgan fingerprint density at radius 2 is 1.06 bits per heavy atom. The van der Waals surface area contributed by atoms with Crippen molar-refractivity contribution >= 4 is 43.0 Å². The standard InChI is InChI=1S/C31H34IN3/c1-6-24-7-9-25(10-8-24)23-33-29-17-11-26(12-18-29)32(27-13-19-30(20-14-27)34(2)3)28-15-21-31(22-16-28)35(4)5/h6-22,33H,1,23H2,2-5H3. The number of benzene rings is 4. The van der Waals surface area contributed by atoms with E-state index in [2.05, 4.69) is 147 Å². The van der Waals surface area contributed by atoms with E-state index in [0.717, 1.165) is 17.8 Å². The van der Waals surface area contributed by atoms with E-state index in [1.807, 2.05) is 6.08 Å². The van der Waals surface area contributed by atoms with Gasteiger partial charge < -0.3 is 0 Å². The van der Waals surface area contributed by atoms with E-state index >= 15 is 0 Å². The van der Waals surface area contributed by atoms with Gasteiger partial charge in [-0.05, 0) is 0 Å². The summed E-state index contributed by atoms with van der Waals surface area (Å²) in [7, 11) is 8.35. The summed E-state index contributed by atoms with van der Waals surface area (Å²) >= 11 is -1.82. The first-order valence-electron chi connectivity index (χ1n) is 11.7. The van der Waals surface area contributed by atoms with Crippen LogP contribution in [-0.2, 0) is 6.54 Å². The van der Waals surface area contributed by atoms with E-state index in [-0.39, 0.29) is 0 Å². The Morgan fingerprint density at radius 1 is 0.629 bits per heavy atom. The van der Waals surface area contributed by atoms with Gasteiger partial charge >= 0.3 is 218 Å². The van der Waals surface area contributed by atoms with Gasteiger partial charge in [0, 0.05) is 0 Å². The van der Waals surface area contributed by atoms with Crippen LogP contribution in [0.2, 0.25) is 0 Å². The molecule has 4 aromatic rings. The molecule has 35 heavy (non-hydrogen) atoms. The Labute approximate surface area is 217 Å². The van der Waals surface area contributed by atoms with Gasteiger partial charge in [-0.25, -0.2) is 0 Å². The third kappa shape index (κ3) is 6.25. The fraction of sp³-hybridized carbons (Fsp3) is 0.161. The SMILES string of the molecule is C=Cc1ccc(CNc2ccc(I(c3ccc(N(C)C)cc3)c3ccc(N(C)C)cc3)cc2)cc1. The number of nitrogens with zero attached hydrogens (tertiary/aromatic N) is 2. The number of halogens is 1.